The third-order valence-electron chi connectivity index (χ3n) is 2.79. The summed E-state index contributed by atoms with van der Waals surface area (Å²) in [5.74, 6) is -0.316. The number of nitrogen functional groups attached to an aromatic ring is 1. The topological polar surface area (TPSA) is 118 Å². The molecule has 0 amide bonds. The standard InChI is InChI=1S/C12H21N3O4S2/c1-3-10-5-6-11(13)9-12(10)21(18,19)15-7-8-20(16,17)14-4-2/h5-6,9,14-15H,3-4,7-8,13H2,1-2H3. The summed E-state index contributed by atoms with van der Waals surface area (Å²) >= 11 is 0. The number of nitrogens with two attached hydrogens (primary N) is 1. The van der Waals surface area contributed by atoms with E-state index in [-0.39, 0.29) is 23.7 Å². The highest BCUT2D eigenvalue weighted by atomic mass is 32.2. The summed E-state index contributed by atoms with van der Waals surface area (Å²) in [6.45, 7) is 3.56. The van der Waals surface area contributed by atoms with Gasteiger partial charge in [0.25, 0.3) is 0 Å². The van der Waals surface area contributed by atoms with Gasteiger partial charge in [-0.15, -0.1) is 0 Å². The van der Waals surface area contributed by atoms with E-state index < -0.39 is 20.0 Å². The molecule has 0 bridgehead atoms. The number of anilines is 1. The third kappa shape index (κ3) is 5.27. The van der Waals surface area contributed by atoms with Crippen molar-refractivity contribution in [1.82, 2.24) is 9.44 Å². The van der Waals surface area contributed by atoms with Crippen LogP contribution in [0.2, 0.25) is 0 Å². The van der Waals surface area contributed by atoms with E-state index in [9.17, 15) is 16.8 Å². The largest absolute Gasteiger partial charge is 0.399 e. The normalized spacial score (nSPS) is 12.5. The molecular formula is C12H21N3O4S2. The minimum Gasteiger partial charge on any atom is -0.399 e. The molecule has 0 aliphatic heterocycles. The van der Waals surface area contributed by atoms with Crippen LogP contribution in [0.3, 0.4) is 0 Å². The predicted molar refractivity (Wildman–Crippen MR) is 82.9 cm³/mol. The van der Waals surface area contributed by atoms with E-state index in [0.717, 1.165) is 0 Å². The molecule has 0 saturated carbocycles. The van der Waals surface area contributed by atoms with Crippen molar-refractivity contribution in [3.05, 3.63) is 23.8 Å². The number of benzene rings is 1. The number of nitrogens with one attached hydrogen (secondary N) is 2. The minimum atomic E-state index is -3.79. The first-order chi connectivity index (χ1) is 9.72. The summed E-state index contributed by atoms with van der Waals surface area (Å²) in [6.07, 6.45) is 0.534. The zero-order valence-corrected chi connectivity index (χ0v) is 13.7. The van der Waals surface area contributed by atoms with Gasteiger partial charge in [0.2, 0.25) is 20.0 Å². The van der Waals surface area contributed by atoms with Gasteiger partial charge in [-0.25, -0.2) is 26.3 Å². The zero-order valence-electron chi connectivity index (χ0n) is 12.1. The Labute approximate surface area is 126 Å². The molecule has 4 N–H and O–H groups in total. The second-order valence-electron chi connectivity index (χ2n) is 4.44. The van der Waals surface area contributed by atoms with E-state index in [1.54, 1.807) is 19.1 Å². The Morgan fingerprint density at radius 2 is 1.76 bits per heavy atom. The fourth-order valence-electron chi connectivity index (χ4n) is 1.79. The maximum atomic E-state index is 12.2. The van der Waals surface area contributed by atoms with Crippen LogP contribution in [-0.4, -0.2) is 35.7 Å². The Balaban J connectivity index is 2.86. The summed E-state index contributed by atoms with van der Waals surface area (Å²) < 4.78 is 52.0. The Morgan fingerprint density at radius 3 is 2.33 bits per heavy atom. The van der Waals surface area contributed by atoms with Gasteiger partial charge in [-0.2, -0.15) is 0 Å². The molecule has 120 valence electrons. The number of sulfonamides is 2. The molecule has 1 aromatic rings. The smallest absolute Gasteiger partial charge is 0.240 e. The van der Waals surface area contributed by atoms with Gasteiger partial charge in [0.1, 0.15) is 0 Å². The molecule has 0 aliphatic carbocycles. The Morgan fingerprint density at radius 1 is 1.10 bits per heavy atom. The second-order valence-corrected chi connectivity index (χ2v) is 8.10. The van der Waals surface area contributed by atoms with E-state index >= 15 is 0 Å². The van der Waals surface area contributed by atoms with Crippen molar-refractivity contribution in [2.75, 3.05) is 24.6 Å². The maximum Gasteiger partial charge on any atom is 0.240 e. The van der Waals surface area contributed by atoms with Crippen LogP contribution < -0.4 is 15.2 Å². The highest BCUT2D eigenvalue weighted by Gasteiger charge is 2.19. The highest BCUT2D eigenvalue weighted by molar-refractivity contribution is 7.90. The summed E-state index contributed by atoms with van der Waals surface area (Å²) in [7, 11) is -7.25. The lowest BCUT2D eigenvalue weighted by molar-refractivity contribution is 0.576. The van der Waals surface area contributed by atoms with Crippen molar-refractivity contribution in [3.8, 4) is 0 Å². The molecule has 0 spiro atoms. The molecule has 0 radical (unpaired) electrons. The fraction of sp³-hybridized carbons (Fsp3) is 0.500. The fourth-order valence-corrected chi connectivity index (χ4v) is 4.25. The number of rotatable bonds is 8. The summed E-state index contributed by atoms with van der Waals surface area (Å²) in [4.78, 5) is 0.0887. The molecule has 9 heteroatoms. The van der Waals surface area contributed by atoms with Gasteiger partial charge in [-0.3, -0.25) is 0 Å². The van der Waals surface area contributed by atoms with Crippen LogP contribution in [0.25, 0.3) is 0 Å². The lowest BCUT2D eigenvalue weighted by Gasteiger charge is -2.11. The average molecular weight is 335 g/mol. The van der Waals surface area contributed by atoms with E-state index in [1.807, 2.05) is 6.92 Å². The van der Waals surface area contributed by atoms with Crippen molar-refractivity contribution in [2.24, 2.45) is 0 Å². The van der Waals surface area contributed by atoms with Gasteiger partial charge in [-0.1, -0.05) is 19.9 Å². The average Bonchev–Trinajstić information content (AvgIpc) is 2.38. The summed E-state index contributed by atoms with van der Waals surface area (Å²) in [5, 5.41) is 0. The van der Waals surface area contributed by atoms with Crippen LogP contribution in [0.15, 0.2) is 23.1 Å². The Bertz CT molecular complexity index is 684. The van der Waals surface area contributed by atoms with Crippen LogP contribution in [0.5, 0.6) is 0 Å². The maximum absolute atomic E-state index is 12.2. The molecule has 21 heavy (non-hydrogen) atoms. The van der Waals surface area contributed by atoms with Crippen molar-refractivity contribution in [2.45, 2.75) is 25.2 Å². The molecular weight excluding hydrogens is 314 g/mol. The van der Waals surface area contributed by atoms with Crippen molar-refractivity contribution in [3.63, 3.8) is 0 Å². The molecule has 1 rings (SSSR count). The van der Waals surface area contributed by atoms with Gasteiger partial charge in [0.15, 0.2) is 0 Å². The van der Waals surface area contributed by atoms with E-state index in [0.29, 0.717) is 17.7 Å². The zero-order chi connectivity index (χ0) is 16.1. The molecule has 0 saturated heterocycles. The molecule has 0 atom stereocenters. The molecule has 0 aromatic heterocycles. The quantitative estimate of drug-likeness (QED) is 0.580. The first-order valence-corrected chi connectivity index (χ1v) is 9.70. The molecule has 0 heterocycles. The minimum absolute atomic E-state index is 0.0887. The van der Waals surface area contributed by atoms with Crippen molar-refractivity contribution < 1.29 is 16.8 Å². The summed E-state index contributed by atoms with van der Waals surface area (Å²) in [6, 6.07) is 4.66. The SMILES string of the molecule is CCNS(=O)(=O)CCNS(=O)(=O)c1cc(N)ccc1CC. The number of hydrogen-bond acceptors (Lipinski definition) is 5. The predicted octanol–water partition coefficient (Wildman–Crippen LogP) is 0.0488. The number of aryl methyl sites for hydroxylation is 1. The first-order valence-electron chi connectivity index (χ1n) is 6.57. The van der Waals surface area contributed by atoms with E-state index in [2.05, 4.69) is 9.44 Å². The lowest BCUT2D eigenvalue weighted by Crippen LogP contribution is -2.34. The molecule has 1 aromatic carbocycles. The monoisotopic (exact) mass is 335 g/mol. The second kappa shape index (κ2) is 7.21. The van der Waals surface area contributed by atoms with Crippen molar-refractivity contribution >= 4 is 25.7 Å². The molecule has 0 aliphatic rings. The van der Waals surface area contributed by atoms with E-state index in [1.165, 1.54) is 6.07 Å². The van der Waals surface area contributed by atoms with Gasteiger partial charge < -0.3 is 5.73 Å². The van der Waals surface area contributed by atoms with Crippen molar-refractivity contribution in [1.29, 1.82) is 0 Å². The molecule has 0 fully saturated rings. The van der Waals surface area contributed by atoms with Gasteiger partial charge >= 0.3 is 0 Å². The van der Waals surface area contributed by atoms with Crippen LogP contribution in [-0.2, 0) is 26.5 Å². The van der Waals surface area contributed by atoms with Gasteiger partial charge in [0.05, 0.1) is 10.6 Å². The van der Waals surface area contributed by atoms with Crippen LogP contribution >= 0.6 is 0 Å². The molecule has 0 unspecified atom stereocenters. The van der Waals surface area contributed by atoms with Crippen LogP contribution in [0.4, 0.5) is 5.69 Å². The third-order valence-corrected chi connectivity index (χ3v) is 5.80. The number of hydrogen-bond donors (Lipinski definition) is 3. The highest BCUT2D eigenvalue weighted by Crippen LogP contribution is 2.19. The van der Waals surface area contributed by atoms with Crippen LogP contribution in [0.1, 0.15) is 19.4 Å². The van der Waals surface area contributed by atoms with E-state index in [4.69, 9.17) is 5.73 Å². The molecule has 7 nitrogen and oxygen atoms in total. The van der Waals surface area contributed by atoms with Gasteiger partial charge in [0, 0.05) is 18.8 Å². The Hall–Kier alpha value is -1.16. The first kappa shape index (κ1) is 17.9. The van der Waals surface area contributed by atoms with Gasteiger partial charge in [-0.05, 0) is 24.1 Å². The Kier molecular flexibility index (Phi) is 6.14. The lowest BCUT2D eigenvalue weighted by atomic mass is 10.1. The summed E-state index contributed by atoms with van der Waals surface area (Å²) in [5.41, 5.74) is 6.59. The van der Waals surface area contributed by atoms with Crippen LogP contribution in [0, 0.1) is 0 Å².